The van der Waals surface area contributed by atoms with Crippen molar-refractivity contribution in [3.63, 3.8) is 0 Å². The molecule has 1 unspecified atom stereocenters. The van der Waals surface area contributed by atoms with Crippen molar-refractivity contribution in [1.29, 1.82) is 0 Å². The maximum atomic E-state index is 13.6. The highest BCUT2D eigenvalue weighted by Crippen LogP contribution is 2.19. The molecule has 0 bridgehead atoms. The molecule has 6 nitrogen and oxygen atoms in total. The van der Waals surface area contributed by atoms with Crippen LogP contribution in [0.4, 0.5) is 8.78 Å². The maximum absolute atomic E-state index is 13.6. The van der Waals surface area contributed by atoms with Gasteiger partial charge in [0.05, 0.1) is 6.04 Å². The van der Waals surface area contributed by atoms with E-state index in [1.807, 2.05) is 35.1 Å². The van der Waals surface area contributed by atoms with E-state index in [0.29, 0.717) is 24.0 Å². The summed E-state index contributed by atoms with van der Waals surface area (Å²) in [6.07, 6.45) is 4.45. The molecule has 142 valence electrons. The van der Waals surface area contributed by atoms with Crippen molar-refractivity contribution >= 4 is 23.3 Å². The van der Waals surface area contributed by atoms with E-state index in [1.165, 1.54) is 0 Å². The van der Waals surface area contributed by atoms with Crippen LogP contribution in [0.1, 0.15) is 18.3 Å². The van der Waals surface area contributed by atoms with Gasteiger partial charge in [-0.2, -0.15) is 11.8 Å². The van der Waals surface area contributed by atoms with Crippen molar-refractivity contribution in [1.82, 2.24) is 19.9 Å². The number of nitrogens with one attached hydrogen (secondary N) is 1. The molecule has 0 spiro atoms. The number of hydrogen-bond donors (Lipinski definition) is 1. The molecule has 0 saturated heterocycles. The predicted molar refractivity (Wildman–Crippen MR) is 98.7 cm³/mol. The lowest BCUT2D eigenvalue weighted by molar-refractivity contribution is -0.124. The summed E-state index contributed by atoms with van der Waals surface area (Å²) in [4.78, 5) is 12.3. The quantitative estimate of drug-likeness (QED) is 0.638. The highest BCUT2D eigenvalue weighted by molar-refractivity contribution is 7.98. The van der Waals surface area contributed by atoms with Crippen molar-refractivity contribution < 1.29 is 18.3 Å². The highest BCUT2D eigenvalue weighted by atomic mass is 32.2. The fourth-order valence-corrected chi connectivity index (χ4v) is 3.04. The van der Waals surface area contributed by atoms with Crippen LogP contribution in [-0.2, 0) is 4.79 Å². The third-order valence-electron chi connectivity index (χ3n) is 3.85. The molecule has 3 rings (SSSR count). The number of nitrogens with zero attached hydrogens (tertiary/aromatic N) is 3. The number of rotatable bonds is 8. The van der Waals surface area contributed by atoms with Crippen LogP contribution >= 0.6 is 11.8 Å². The Bertz CT molecular complexity index is 935. The zero-order valence-electron chi connectivity index (χ0n) is 14.6. The van der Waals surface area contributed by atoms with Crippen molar-refractivity contribution in [2.75, 3.05) is 18.6 Å². The van der Waals surface area contributed by atoms with Gasteiger partial charge in [0.1, 0.15) is 5.82 Å². The van der Waals surface area contributed by atoms with Gasteiger partial charge in [0.15, 0.2) is 29.6 Å². The highest BCUT2D eigenvalue weighted by Gasteiger charge is 2.20. The standard InChI is InChI=1S/C18H18F2N4O2S/c1-27-9-7-14(18-23-22-16-4-2-3-8-24(16)18)21-17(25)11-26-15-6-5-12(19)10-13(15)20/h2-6,8,10,14H,7,9,11H2,1H3,(H,21,25). The minimum atomic E-state index is -0.856. The topological polar surface area (TPSA) is 68.5 Å². The number of pyridine rings is 1. The molecule has 0 aliphatic heterocycles. The molecule has 1 aromatic carbocycles. The molecule has 1 N–H and O–H groups in total. The van der Waals surface area contributed by atoms with E-state index in [1.54, 1.807) is 11.8 Å². The average molecular weight is 392 g/mol. The van der Waals surface area contributed by atoms with Gasteiger partial charge in [-0.1, -0.05) is 6.07 Å². The first-order valence-corrected chi connectivity index (χ1v) is 9.63. The fourth-order valence-electron chi connectivity index (χ4n) is 2.57. The first kappa shape index (κ1) is 19.1. The lowest BCUT2D eigenvalue weighted by Crippen LogP contribution is -2.34. The molecule has 0 aliphatic carbocycles. The summed E-state index contributed by atoms with van der Waals surface area (Å²) < 4.78 is 33.5. The van der Waals surface area contributed by atoms with Crippen LogP contribution in [0.5, 0.6) is 5.75 Å². The zero-order chi connectivity index (χ0) is 19.2. The first-order valence-electron chi connectivity index (χ1n) is 8.24. The van der Waals surface area contributed by atoms with E-state index in [0.717, 1.165) is 17.9 Å². The number of aromatic nitrogens is 3. The number of benzene rings is 1. The van der Waals surface area contributed by atoms with Gasteiger partial charge in [-0.25, -0.2) is 8.78 Å². The van der Waals surface area contributed by atoms with E-state index in [4.69, 9.17) is 4.74 Å². The molecule has 0 radical (unpaired) electrons. The normalized spacial score (nSPS) is 12.1. The van der Waals surface area contributed by atoms with Crippen LogP contribution in [0.25, 0.3) is 5.65 Å². The molecule has 1 amide bonds. The lowest BCUT2D eigenvalue weighted by Gasteiger charge is -2.17. The number of fused-ring (bicyclic) bond motifs is 1. The van der Waals surface area contributed by atoms with Crippen LogP contribution in [0, 0.1) is 11.6 Å². The van der Waals surface area contributed by atoms with Crippen molar-refractivity contribution in [2.24, 2.45) is 0 Å². The largest absolute Gasteiger partial charge is 0.481 e. The Kier molecular flexibility index (Phi) is 6.23. The number of amides is 1. The molecule has 0 aliphatic rings. The van der Waals surface area contributed by atoms with Crippen molar-refractivity contribution in [3.8, 4) is 5.75 Å². The Morgan fingerprint density at radius 1 is 1.30 bits per heavy atom. The van der Waals surface area contributed by atoms with Gasteiger partial charge >= 0.3 is 0 Å². The van der Waals surface area contributed by atoms with Crippen molar-refractivity contribution in [3.05, 3.63) is 60.1 Å². The number of carbonyl (C=O) groups excluding carboxylic acids is 1. The second-order valence-corrected chi connectivity index (χ2v) is 6.74. The Labute approximate surface area is 158 Å². The molecule has 0 saturated carbocycles. The average Bonchev–Trinajstić information content (AvgIpc) is 3.08. The van der Waals surface area contributed by atoms with Crippen LogP contribution < -0.4 is 10.1 Å². The van der Waals surface area contributed by atoms with Gasteiger partial charge in [-0.3, -0.25) is 9.20 Å². The second-order valence-electron chi connectivity index (χ2n) is 5.75. The lowest BCUT2D eigenvalue weighted by atomic mass is 10.2. The number of carbonyl (C=O) groups is 1. The summed E-state index contributed by atoms with van der Waals surface area (Å²) in [6, 6.07) is 8.09. The van der Waals surface area contributed by atoms with Gasteiger partial charge in [0, 0.05) is 12.3 Å². The number of hydrogen-bond acceptors (Lipinski definition) is 5. The fraction of sp³-hybridized carbons (Fsp3) is 0.278. The summed E-state index contributed by atoms with van der Waals surface area (Å²) in [5.74, 6) is -0.760. The molecule has 1 atom stereocenters. The summed E-state index contributed by atoms with van der Waals surface area (Å²) in [5.41, 5.74) is 0.681. The summed E-state index contributed by atoms with van der Waals surface area (Å²) in [7, 11) is 0. The predicted octanol–water partition coefficient (Wildman–Crippen LogP) is 3.00. The minimum absolute atomic E-state index is 0.180. The molecule has 27 heavy (non-hydrogen) atoms. The first-order chi connectivity index (χ1) is 13.1. The molecule has 3 aromatic rings. The van der Waals surface area contributed by atoms with Gasteiger partial charge in [-0.05, 0) is 42.7 Å². The molecule has 2 heterocycles. The minimum Gasteiger partial charge on any atom is -0.481 e. The summed E-state index contributed by atoms with van der Waals surface area (Å²) >= 11 is 1.65. The van der Waals surface area contributed by atoms with E-state index in [9.17, 15) is 13.6 Å². The Balaban J connectivity index is 1.69. The Morgan fingerprint density at radius 2 is 2.15 bits per heavy atom. The molecule has 0 fully saturated rings. The van der Waals surface area contributed by atoms with E-state index >= 15 is 0 Å². The molecule has 2 aromatic heterocycles. The molecule has 9 heteroatoms. The molecular weight excluding hydrogens is 374 g/mol. The Hall–Kier alpha value is -2.68. The van der Waals surface area contributed by atoms with E-state index in [2.05, 4.69) is 15.5 Å². The van der Waals surface area contributed by atoms with Crippen LogP contribution in [0.3, 0.4) is 0 Å². The SMILES string of the molecule is CSCCC(NC(=O)COc1ccc(F)cc1F)c1nnc2ccccn12. The second kappa shape index (κ2) is 8.81. The van der Waals surface area contributed by atoms with Gasteiger partial charge in [-0.15, -0.1) is 10.2 Å². The van der Waals surface area contributed by atoms with Gasteiger partial charge in [0.25, 0.3) is 5.91 Å². The summed E-state index contributed by atoms with van der Waals surface area (Å²) in [5, 5.41) is 11.1. The number of halogens is 2. The monoisotopic (exact) mass is 392 g/mol. The molecular formula is C18H18F2N4O2S. The third kappa shape index (κ3) is 4.73. The smallest absolute Gasteiger partial charge is 0.258 e. The van der Waals surface area contributed by atoms with Crippen molar-refractivity contribution in [2.45, 2.75) is 12.5 Å². The zero-order valence-corrected chi connectivity index (χ0v) is 15.4. The van der Waals surface area contributed by atoms with Crippen LogP contribution in [0.2, 0.25) is 0 Å². The number of ether oxygens (including phenoxy) is 1. The third-order valence-corrected chi connectivity index (χ3v) is 4.49. The van der Waals surface area contributed by atoms with E-state index in [-0.39, 0.29) is 11.8 Å². The Morgan fingerprint density at radius 3 is 2.93 bits per heavy atom. The number of thioether (sulfide) groups is 1. The van der Waals surface area contributed by atoms with Crippen LogP contribution in [0.15, 0.2) is 42.6 Å². The van der Waals surface area contributed by atoms with Gasteiger partial charge in [0.2, 0.25) is 0 Å². The van der Waals surface area contributed by atoms with Gasteiger partial charge < -0.3 is 10.1 Å². The summed E-state index contributed by atoms with van der Waals surface area (Å²) in [6.45, 7) is -0.394. The van der Waals surface area contributed by atoms with E-state index < -0.39 is 24.1 Å². The van der Waals surface area contributed by atoms with Crippen LogP contribution in [-0.4, -0.2) is 39.1 Å². The maximum Gasteiger partial charge on any atom is 0.258 e.